The van der Waals surface area contributed by atoms with Crippen LogP contribution in [0.5, 0.6) is 0 Å². The van der Waals surface area contributed by atoms with Crippen LogP contribution in [0.1, 0.15) is 39.5 Å². The van der Waals surface area contributed by atoms with Crippen molar-refractivity contribution in [1.29, 1.82) is 0 Å². The van der Waals surface area contributed by atoms with Gasteiger partial charge in [-0.3, -0.25) is 4.79 Å². The van der Waals surface area contributed by atoms with Crippen LogP contribution in [0.15, 0.2) is 0 Å². The Morgan fingerprint density at radius 1 is 1.16 bits per heavy atom. The molecule has 0 saturated carbocycles. The van der Waals surface area contributed by atoms with E-state index in [-0.39, 0.29) is 17.6 Å². The number of amides is 1. The van der Waals surface area contributed by atoms with E-state index in [1.54, 1.807) is 0 Å². The molecule has 0 spiro atoms. The highest BCUT2D eigenvalue weighted by Gasteiger charge is 2.28. The van der Waals surface area contributed by atoms with E-state index in [0.29, 0.717) is 12.6 Å². The van der Waals surface area contributed by atoms with Gasteiger partial charge in [0.1, 0.15) is 0 Å². The Balaban J connectivity index is 1.65. The topological polar surface area (TPSA) is 59.6 Å². The molecule has 0 aromatic rings. The maximum Gasteiger partial charge on any atom is 0.234 e. The molecular weight excluding hydrogens is 244 g/mol. The van der Waals surface area contributed by atoms with E-state index in [0.717, 1.165) is 45.5 Å². The summed E-state index contributed by atoms with van der Waals surface area (Å²) in [6.45, 7) is 6.88. The molecule has 0 aromatic carbocycles. The van der Waals surface area contributed by atoms with Gasteiger partial charge >= 0.3 is 0 Å². The van der Waals surface area contributed by atoms with E-state index in [4.69, 9.17) is 9.47 Å². The first-order valence-electron chi connectivity index (χ1n) is 7.30. The van der Waals surface area contributed by atoms with Gasteiger partial charge in [0, 0.05) is 31.9 Å². The molecule has 5 heteroatoms. The van der Waals surface area contributed by atoms with Crippen molar-refractivity contribution in [3.8, 4) is 0 Å². The average molecular weight is 270 g/mol. The van der Waals surface area contributed by atoms with Crippen LogP contribution in [-0.2, 0) is 14.3 Å². The molecule has 0 radical (unpaired) electrons. The first-order chi connectivity index (χ1) is 9.05. The minimum absolute atomic E-state index is 0.0763. The van der Waals surface area contributed by atoms with Crippen LogP contribution in [0.25, 0.3) is 0 Å². The summed E-state index contributed by atoms with van der Waals surface area (Å²) in [6.07, 6.45) is 3.79. The lowest BCUT2D eigenvalue weighted by Crippen LogP contribution is -2.48. The SMILES string of the molecule is CC1(C)CC(NCC(=O)NC2CCOCC2)CCO1. The molecule has 19 heavy (non-hydrogen) atoms. The van der Waals surface area contributed by atoms with Crippen LogP contribution >= 0.6 is 0 Å². The van der Waals surface area contributed by atoms with Crippen molar-refractivity contribution in [3.63, 3.8) is 0 Å². The lowest BCUT2D eigenvalue weighted by molar-refractivity contribution is -0.122. The van der Waals surface area contributed by atoms with Crippen LogP contribution in [0.2, 0.25) is 0 Å². The van der Waals surface area contributed by atoms with Gasteiger partial charge in [-0.1, -0.05) is 0 Å². The highest BCUT2D eigenvalue weighted by molar-refractivity contribution is 5.78. The van der Waals surface area contributed by atoms with Gasteiger partial charge in [-0.05, 0) is 39.5 Å². The summed E-state index contributed by atoms with van der Waals surface area (Å²) in [4.78, 5) is 11.9. The molecule has 2 heterocycles. The normalized spacial score (nSPS) is 28.0. The Bertz CT molecular complexity index is 301. The summed E-state index contributed by atoms with van der Waals surface area (Å²) in [5.74, 6) is 0.0937. The number of hydrogen-bond donors (Lipinski definition) is 2. The minimum atomic E-state index is -0.0763. The summed E-state index contributed by atoms with van der Waals surface area (Å²) in [6, 6.07) is 0.665. The van der Waals surface area contributed by atoms with Gasteiger partial charge in [0.05, 0.1) is 12.1 Å². The van der Waals surface area contributed by atoms with E-state index < -0.39 is 0 Å². The van der Waals surface area contributed by atoms with Gasteiger partial charge < -0.3 is 20.1 Å². The number of rotatable bonds is 4. The Hall–Kier alpha value is -0.650. The first kappa shape index (κ1) is 14.8. The third-order valence-electron chi connectivity index (χ3n) is 3.83. The second-order valence-corrected chi connectivity index (χ2v) is 6.13. The van der Waals surface area contributed by atoms with Crippen LogP contribution in [0, 0.1) is 0 Å². The standard InChI is InChI=1S/C14H26N2O3/c1-14(2)9-12(5-8-19-14)15-10-13(17)16-11-3-6-18-7-4-11/h11-12,15H,3-10H2,1-2H3,(H,16,17). The lowest BCUT2D eigenvalue weighted by atomic mass is 9.94. The number of nitrogens with one attached hydrogen (secondary N) is 2. The van der Waals surface area contributed by atoms with Crippen molar-refractivity contribution in [1.82, 2.24) is 10.6 Å². The minimum Gasteiger partial charge on any atom is -0.381 e. The van der Waals surface area contributed by atoms with Crippen molar-refractivity contribution in [3.05, 3.63) is 0 Å². The zero-order chi connectivity index (χ0) is 13.7. The molecule has 2 aliphatic rings. The van der Waals surface area contributed by atoms with Gasteiger partial charge in [0.15, 0.2) is 0 Å². The molecule has 1 amide bonds. The van der Waals surface area contributed by atoms with Gasteiger partial charge in [0.25, 0.3) is 0 Å². The average Bonchev–Trinajstić information content (AvgIpc) is 2.36. The van der Waals surface area contributed by atoms with Crippen LogP contribution in [0.4, 0.5) is 0 Å². The van der Waals surface area contributed by atoms with Crippen LogP contribution in [-0.4, -0.2) is 50.0 Å². The summed E-state index contributed by atoms with van der Waals surface area (Å²) >= 11 is 0. The van der Waals surface area contributed by atoms with Gasteiger partial charge in [-0.15, -0.1) is 0 Å². The Morgan fingerprint density at radius 2 is 1.84 bits per heavy atom. The molecule has 2 fully saturated rings. The molecule has 2 aliphatic heterocycles. The maximum atomic E-state index is 11.9. The summed E-state index contributed by atoms with van der Waals surface area (Å²) in [5, 5.41) is 6.41. The molecular formula is C14H26N2O3. The number of ether oxygens (including phenoxy) is 2. The maximum absolute atomic E-state index is 11.9. The molecule has 2 saturated heterocycles. The third-order valence-corrected chi connectivity index (χ3v) is 3.83. The Labute approximate surface area is 115 Å². The lowest BCUT2D eigenvalue weighted by Gasteiger charge is -2.36. The van der Waals surface area contributed by atoms with E-state index >= 15 is 0 Å². The van der Waals surface area contributed by atoms with Crippen molar-refractivity contribution < 1.29 is 14.3 Å². The fourth-order valence-corrected chi connectivity index (χ4v) is 2.76. The van der Waals surface area contributed by atoms with E-state index in [2.05, 4.69) is 24.5 Å². The van der Waals surface area contributed by atoms with Gasteiger partial charge in [-0.25, -0.2) is 0 Å². The Kier molecular flexibility index (Phi) is 5.19. The fraction of sp³-hybridized carbons (Fsp3) is 0.929. The first-order valence-corrected chi connectivity index (χ1v) is 7.30. The largest absolute Gasteiger partial charge is 0.381 e. The van der Waals surface area contributed by atoms with Gasteiger partial charge in [-0.2, -0.15) is 0 Å². The molecule has 0 aromatic heterocycles. The molecule has 2 rings (SSSR count). The molecule has 0 bridgehead atoms. The zero-order valence-electron chi connectivity index (χ0n) is 12.0. The summed E-state index contributed by atoms with van der Waals surface area (Å²) in [7, 11) is 0. The summed E-state index contributed by atoms with van der Waals surface area (Å²) < 4.78 is 10.9. The zero-order valence-corrected chi connectivity index (χ0v) is 12.0. The monoisotopic (exact) mass is 270 g/mol. The quantitative estimate of drug-likeness (QED) is 0.794. The second kappa shape index (κ2) is 6.68. The second-order valence-electron chi connectivity index (χ2n) is 6.13. The van der Waals surface area contributed by atoms with E-state index in [1.165, 1.54) is 0 Å². The van der Waals surface area contributed by atoms with E-state index in [9.17, 15) is 4.79 Å². The van der Waals surface area contributed by atoms with Gasteiger partial charge in [0.2, 0.25) is 5.91 Å². The fourth-order valence-electron chi connectivity index (χ4n) is 2.76. The van der Waals surface area contributed by atoms with E-state index in [1.807, 2.05) is 0 Å². The molecule has 0 aliphatic carbocycles. The van der Waals surface area contributed by atoms with Crippen LogP contribution in [0.3, 0.4) is 0 Å². The van der Waals surface area contributed by atoms with Crippen molar-refractivity contribution >= 4 is 5.91 Å². The van der Waals surface area contributed by atoms with Crippen molar-refractivity contribution in [2.75, 3.05) is 26.4 Å². The van der Waals surface area contributed by atoms with Crippen LogP contribution < -0.4 is 10.6 Å². The molecule has 5 nitrogen and oxygen atoms in total. The highest BCUT2D eigenvalue weighted by atomic mass is 16.5. The third kappa shape index (κ3) is 5.09. The number of hydrogen-bond acceptors (Lipinski definition) is 4. The number of carbonyl (C=O) groups excluding carboxylic acids is 1. The smallest absolute Gasteiger partial charge is 0.234 e. The highest BCUT2D eigenvalue weighted by Crippen LogP contribution is 2.23. The molecule has 1 unspecified atom stereocenters. The predicted molar refractivity (Wildman–Crippen MR) is 73.0 cm³/mol. The predicted octanol–water partition coefficient (Wildman–Crippen LogP) is 0.829. The Morgan fingerprint density at radius 3 is 2.53 bits per heavy atom. The van der Waals surface area contributed by atoms with Crippen molar-refractivity contribution in [2.45, 2.75) is 57.2 Å². The molecule has 2 N–H and O–H groups in total. The summed E-state index contributed by atoms with van der Waals surface area (Å²) in [5.41, 5.74) is -0.0763. The van der Waals surface area contributed by atoms with Crippen molar-refractivity contribution in [2.24, 2.45) is 0 Å². The molecule has 110 valence electrons. The number of carbonyl (C=O) groups is 1. The molecule has 1 atom stereocenters.